The molecular weight excluding hydrogens is 256 g/mol. The van der Waals surface area contributed by atoms with Gasteiger partial charge in [0.05, 0.1) is 5.69 Å². The Morgan fingerprint density at radius 1 is 1.47 bits per heavy atom. The smallest absolute Gasteiger partial charge is 0.248 e. The molecule has 86 valence electrons. The molecule has 0 aliphatic carbocycles. The third-order valence-corrected chi connectivity index (χ3v) is 2.99. The number of carbonyl (C=O) groups excluding carboxylic acids is 1. The van der Waals surface area contributed by atoms with Crippen LogP contribution in [0.1, 0.15) is 5.56 Å². The van der Waals surface area contributed by atoms with Crippen LogP contribution in [-0.4, -0.2) is 10.9 Å². The Bertz CT molecular complexity index is 537. The van der Waals surface area contributed by atoms with E-state index in [1.54, 1.807) is 35.7 Å². The van der Waals surface area contributed by atoms with Gasteiger partial charge in [0.15, 0.2) is 5.15 Å². The first-order valence-electron chi connectivity index (χ1n) is 4.87. The zero-order valence-electron chi connectivity index (χ0n) is 8.76. The van der Waals surface area contributed by atoms with Gasteiger partial charge in [-0.15, -0.1) is 0 Å². The lowest BCUT2D eigenvalue weighted by atomic mass is 10.3. The molecule has 0 spiro atoms. The minimum absolute atomic E-state index is 0.230. The Balaban J connectivity index is 2.01. The van der Waals surface area contributed by atoms with Crippen molar-refractivity contribution < 1.29 is 4.79 Å². The number of aromatic nitrogens is 1. The quantitative estimate of drug-likeness (QED) is 0.681. The molecule has 0 radical (unpaired) electrons. The van der Waals surface area contributed by atoms with Crippen molar-refractivity contribution in [3.63, 3.8) is 0 Å². The van der Waals surface area contributed by atoms with E-state index in [-0.39, 0.29) is 11.1 Å². The largest absolute Gasteiger partial charge is 0.320 e. The number of carbonyl (C=O) groups is 1. The standard InChI is InChI=1S/C12H9ClN2OS/c13-12-10(2-1-6-14-12)15-11(16)4-3-9-5-7-17-8-9/h1-8H,(H,15,16)/b4-3+. The predicted molar refractivity (Wildman–Crippen MR) is 71.2 cm³/mol. The summed E-state index contributed by atoms with van der Waals surface area (Å²) < 4.78 is 0. The van der Waals surface area contributed by atoms with Crippen molar-refractivity contribution in [1.82, 2.24) is 4.98 Å². The molecule has 1 N–H and O–H groups in total. The first-order valence-corrected chi connectivity index (χ1v) is 6.19. The Hall–Kier alpha value is -1.65. The first kappa shape index (κ1) is 11.8. The highest BCUT2D eigenvalue weighted by atomic mass is 35.5. The van der Waals surface area contributed by atoms with Crippen molar-refractivity contribution in [2.75, 3.05) is 5.32 Å². The van der Waals surface area contributed by atoms with Crippen LogP contribution in [-0.2, 0) is 4.79 Å². The van der Waals surface area contributed by atoms with Crippen LogP contribution in [0.3, 0.4) is 0 Å². The SMILES string of the molecule is O=C(/C=C/c1ccsc1)Nc1cccnc1Cl. The van der Waals surface area contributed by atoms with Crippen molar-refractivity contribution >= 4 is 40.6 Å². The summed E-state index contributed by atoms with van der Waals surface area (Å²) in [6.07, 6.45) is 4.78. The molecule has 1 amide bonds. The Morgan fingerprint density at radius 2 is 2.35 bits per heavy atom. The highest BCUT2D eigenvalue weighted by molar-refractivity contribution is 7.08. The fraction of sp³-hybridized carbons (Fsp3) is 0. The van der Waals surface area contributed by atoms with Crippen LogP contribution in [0.15, 0.2) is 41.2 Å². The fourth-order valence-electron chi connectivity index (χ4n) is 1.20. The lowest BCUT2D eigenvalue weighted by Gasteiger charge is -2.02. The molecule has 0 bridgehead atoms. The maximum atomic E-state index is 11.6. The summed E-state index contributed by atoms with van der Waals surface area (Å²) in [5.41, 5.74) is 1.51. The number of pyridine rings is 1. The average Bonchev–Trinajstić information content (AvgIpc) is 2.82. The molecular formula is C12H9ClN2OS. The van der Waals surface area contributed by atoms with E-state index in [2.05, 4.69) is 10.3 Å². The molecule has 2 rings (SSSR count). The number of hydrogen-bond donors (Lipinski definition) is 1. The number of nitrogens with one attached hydrogen (secondary N) is 1. The highest BCUT2D eigenvalue weighted by Crippen LogP contribution is 2.17. The molecule has 2 heterocycles. The monoisotopic (exact) mass is 264 g/mol. The van der Waals surface area contributed by atoms with Crippen LogP contribution in [0.5, 0.6) is 0 Å². The number of thiophene rings is 1. The molecule has 0 fully saturated rings. The average molecular weight is 265 g/mol. The second-order valence-corrected chi connectivity index (χ2v) is 4.36. The lowest BCUT2D eigenvalue weighted by Crippen LogP contribution is -2.08. The van der Waals surface area contributed by atoms with Crippen LogP contribution in [0.25, 0.3) is 6.08 Å². The van der Waals surface area contributed by atoms with Gasteiger partial charge in [-0.2, -0.15) is 11.3 Å². The van der Waals surface area contributed by atoms with Gasteiger partial charge in [-0.3, -0.25) is 4.79 Å². The summed E-state index contributed by atoms with van der Waals surface area (Å²) in [6, 6.07) is 5.35. The molecule has 2 aromatic rings. The molecule has 0 aliphatic heterocycles. The molecule has 2 aromatic heterocycles. The van der Waals surface area contributed by atoms with Crippen molar-refractivity contribution in [2.24, 2.45) is 0 Å². The number of amides is 1. The minimum Gasteiger partial charge on any atom is -0.320 e. The summed E-state index contributed by atoms with van der Waals surface area (Å²) in [6.45, 7) is 0. The summed E-state index contributed by atoms with van der Waals surface area (Å²) in [7, 11) is 0. The van der Waals surface area contributed by atoms with Crippen molar-refractivity contribution in [3.05, 3.63) is 51.9 Å². The molecule has 0 atom stereocenters. The fourth-order valence-corrected chi connectivity index (χ4v) is 1.99. The van der Waals surface area contributed by atoms with Crippen molar-refractivity contribution in [2.45, 2.75) is 0 Å². The van der Waals surface area contributed by atoms with Gasteiger partial charge in [0.25, 0.3) is 0 Å². The number of hydrogen-bond acceptors (Lipinski definition) is 3. The maximum absolute atomic E-state index is 11.6. The van der Waals surface area contributed by atoms with E-state index < -0.39 is 0 Å². The van der Waals surface area contributed by atoms with Gasteiger partial charge in [-0.25, -0.2) is 4.98 Å². The van der Waals surface area contributed by atoms with E-state index in [0.717, 1.165) is 5.56 Å². The van der Waals surface area contributed by atoms with Crippen LogP contribution in [0.4, 0.5) is 5.69 Å². The van der Waals surface area contributed by atoms with E-state index in [4.69, 9.17) is 11.6 Å². The van der Waals surface area contributed by atoms with Gasteiger partial charge in [0, 0.05) is 12.3 Å². The van der Waals surface area contributed by atoms with E-state index in [1.165, 1.54) is 6.08 Å². The molecule has 0 saturated carbocycles. The summed E-state index contributed by atoms with van der Waals surface area (Å²) in [4.78, 5) is 15.4. The van der Waals surface area contributed by atoms with Gasteiger partial charge in [0.2, 0.25) is 5.91 Å². The maximum Gasteiger partial charge on any atom is 0.248 e. The minimum atomic E-state index is -0.230. The van der Waals surface area contributed by atoms with Crippen molar-refractivity contribution in [1.29, 1.82) is 0 Å². The summed E-state index contributed by atoms with van der Waals surface area (Å²) >= 11 is 7.40. The van der Waals surface area contributed by atoms with Gasteiger partial charge in [-0.05, 0) is 40.6 Å². The van der Waals surface area contributed by atoms with Gasteiger partial charge >= 0.3 is 0 Å². The Kier molecular flexibility index (Phi) is 3.90. The zero-order chi connectivity index (χ0) is 12.1. The third-order valence-electron chi connectivity index (χ3n) is 1.99. The Morgan fingerprint density at radius 3 is 3.06 bits per heavy atom. The molecule has 0 aromatic carbocycles. The van der Waals surface area contributed by atoms with Crippen LogP contribution >= 0.6 is 22.9 Å². The number of halogens is 1. The van der Waals surface area contributed by atoms with Gasteiger partial charge in [0.1, 0.15) is 0 Å². The van der Waals surface area contributed by atoms with E-state index >= 15 is 0 Å². The third kappa shape index (κ3) is 3.41. The normalized spacial score (nSPS) is 10.6. The molecule has 5 heteroatoms. The molecule has 3 nitrogen and oxygen atoms in total. The van der Waals surface area contributed by atoms with E-state index in [1.807, 2.05) is 16.8 Å². The molecule has 0 aliphatic rings. The topological polar surface area (TPSA) is 42.0 Å². The summed E-state index contributed by atoms with van der Waals surface area (Å²) in [5, 5.41) is 6.85. The first-order chi connectivity index (χ1) is 8.25. The Labute approximate surface area is 108 Å². The second-order valence-electron chi connectivity index (χ2n) is 3.22. The number of nitrogens with zero attached hydrogens (tertiary/aromatic N) is 1. The van der Waals surface area contributed by atoms with Crippen LogP contribution in [0.2, 0.25) is 5.15 Å². The van der Waals surface area contributed by atoms with Gasteiger partial charge < -0.3 is 5.32 Å². The molecule has 17 heavy (non-hydrogen) atoms. The number of anilines is 1. The van der Waals surface area contributed by atoms with E-state index in [0.29, 0.717) is 5.69 Å². The molecule has 0 unspecified atom stereocenters. The van der Waals surface area contributed by atoms with Crippen LogP contribution < -0.4 is 5.32 Å². The predicted octanol–water partition coefficient (Wildman–Crippen LogP) is 3.45. The number of rotatable bonds is 3. The molecule has 0 saturated heterocycles. The van der Waals surface area contributed by atoms with Gasteiger partial charge in [-0.1, -0.05) is 11.6 Å². The highest BCUT2D eigenvalue weighted by Gasteiger charge is 2.02. The lowest BCUT2D eigenvalue weighted by molar-refractivity contribution is -0.111. The summed E-state index contributed by atoms with van der Waals surface area (Å²) in [5.74, 6) is -0.230. The second kappa shape index (κ2) is 5.61. The van der Waals surface area contributed by atoms with E-state index in [9.17, 15) is 4.79 Å². The zero-order valence-corrected chi connectivity index (χ0v) is 10.3. The van der Waals surface area contributed by atoms with Crippen molar-refractivity contribution in [3.8, 4) is 0 Å². The van der Waals surface area contributed by atoms with Crippen LogP contribution in [0, 0.1) is 0 Å².